The molecule has 0 aliphatic carbocycles. The smallest absolute Gasteiger partial charge is 0.340 e. The van der Waals surface area contributed by atoms with Crippen molar-refractivity contribution < 1.29 is 14.3 Å². The first-order valence-corrected chi connectivity index (χ1v) is 10.5. The molecule has 2 N–H and O–H groups in total. The lowest BCUT2D eigenvalue weighted by molar-refractivity contribution is 0.0376. The Morgan fingerprint density at radius 2 is 1.80 bits per heavy atom. The minimum absolute atomic E-state index is 0.213. The maximum absolute atomic E-state index is 12.9. The van der Waals surface area contributed by atoms with Gasteiger partial charge in [-0.2, -0.15) is 0 Å². The van der Waals surface area contributed by atoms with E-state index in [2.05, 4.69) is 33.2 Å². The van der Waals surface area contributed by atoms with E-state index in [0.717, 1.165) is 37.4 Å². The van der Waals surface area contributed by atoms with Crippen LogP contribution in [0.4, 0.5) is 5.69 Å². The normalized spacial score (nSPS) is 14.8. The van der Waals surface area contributed by atoms with Crippen LogP contribution in [-0.4, -0.2) is 61.1 Å². The fourth-order valence-corrected chi connectivity index (χ4v) is 3.84. The first-order chi connectivity index (χ1) is 14.3. The Hall–Kier alpha value is -2.80. The summed E-state index contributed by atoms with van der Waals surface area (Å²) in [5, 5.41) is 3.01. The molecule has 1 aromatic carbocycles. The molecule has 2 aromatic rings. The number of amides is 1. The molecular formula is C23H32N4O3. The predicted molar refractivity (Wildman–Crippen MR) is 118 cm³/mol. The third-order valence-electron chi connectivity index (χ3n) is 5.49. The summed E-state index contributed by atoms with van der Waals surface area (Å²) >= 11 is 0. The van der Waals surface area contributed by atoms with Crippen LogP contribution in [0.1, 0.15) is 51.5 Å². The van der Waals surface area contributed by atoms with Crippen molar-refractivity contribution in [2.75, 3.05) is 38.1 Å². The minimum Gasteiger partial charge on any atom is -0.459 e. The molecule has 162 valence electrons. The van der Waals surface area contributed by atoms with Crippen LogP contribution in [0.2, 0.25) is 0 Å². The number of rotatable bonds is 6. The Morgan fingerprint density at radius 3 is 2.47 bits per heavy atom. The maximum Gasteiger partial charge on any atom is 0.340 e. The predicted octanol–water partition coefficient (Wildman–Crippen LogP) is 2.88. The number of nitrogens with zero attached hydrogens (tertiary/aromatic N) is 2. The highest BCUT2D eigenvalue weighted by Gasteiger charge is 2.24. The SMILES string of the molecule is Cc1[nH]c(C(=O)NCc2ccccc2N2CCN(C)CC2)c(C)c1C(=O)OC(C)C. The van der Waals surface area contributed by atoms with Crippen molar-refractivity contribution in [3.05, 3.63) is 52.3 Å². The van der Waals surface area contributed by atoms with Crippen LogP contribution >= 0.6 is 0 Å². The standard InChI is InChI=1S/C23H32N4O3/c1-15(2)30-23(29)20-16(3)21(25-17(20)4)22(28)24-14-18-8-6-7-9-19(18)27-12-10-26(5)11-13-27/h6-9,15,25H,10-14H2,1-5H3,(H,24,28). The lowest BCUT2D eigenvalue weighted by Crippen LogP contribution is -2.45. The summed E-state index contributed by atoms with van der Waals surface area (Å²) in [5.74, 6) is -0.636. The number of piperazine rings is 1. The summed E-state index contributed by atoms with van der Waals surface area (Å²) < 4.78 is 5.31. The number of carbonyl (C=O) groups excluding carboxylic acids is 2. The Balaban J connectivity index is 1.72. The summed E-state index contributed by atoms with van der Waals surface area (Å²) in [6, 6.07) is 8.18. The van der Waals surface area contributed by atoms with Crippen molar-refractivity contribution in [3.63, 3.8) is 0 Å². The summed E-state index contributed by atoms with van der Waals surface area (Å²) in [4.78, 5) is 33.0. The molecular weight excluding hydrogens is 380 g/mol. The average Bonchev–Trinajstić information content (AvgIpc) is 3.00. The van der Waals surface area contributed by atoms with Crippen molar-refractivity contribution in [1.82, 2.24) is 15.2 Å². The first kappa shape index (κ1) is 21.9. The number of likely N-dealkylation sites (N-methyl/N-ethyl adjacent to an activating group) is 1. The number of aromatic amines is 1. The van der Waals surface area contributed by atoms with Crippen LogP contribution in [0.3, 0.4) is 0 Å². The van der Waals surface area contributed by atoms with Crippen LogP contribution < -0.4 is 10.2 Å². The zero-order valence-electron chi connectivity index (χ0n) is 18.5. The zero-order valence-corrected chi connectivity index (χ0v) is 18.5. The van der Waals surface area contributed by atoms with E-state index in [9.17, 15) is 9.59 Å². The van der Waals surface area contributed by atoms with Gasteiger partial charge < -0.3 is 24.8 Å². The molecule has 7 heteroatoms. The molecule has 1 aromatic heterocycles. The molecule has 7 nitrogen and oxygen atoms in total. The molecule has 2 heterocycles. The number of ether oxygens (including phenoxy) is 1. The van der Waals surface area contributed by atoms with Gasteiger partial charge in [-0.1, -0.05) is 18.2 Å². The Labute approximate surface area is 178 Å². The highest BCUT2D eigenvalue weighted by atomic mass is 16.5. The number of benzene rings is 1. The third kappa shape index (κ3) is 4.84. The molecule has 3 rings (SSSR count). The van der Waals surface area contributed by atoms with E-state index in [4.69, 9.17) is 4.74 Å². The molecule has 1 fully saturated rings. The summed E-state index contributed by atoms with van der Waals surface area (Å²) in [5.41, 5.74) is 4.33. The van der Waals surface area contributed by atoms with Gasteiger partial charge in [-0.25, -0.2) is 4.79 Å². The average molecular weight is 413 g/mol. The molecule has 0 bridgehead atoms. The summed E-state index contributed by atoms with van der Waals surface area (Å²) in [7, 11) is 2.13. The first-order valence-electron chi connectivity index (χ1n) is 10.5. The highest BCUT2D eigenvalue weighted by Crippen LogP contribution is 2.23. The molecule has 0 radical (unpaired) electrons. The van der Waals surface area contributed by atoms with Crippen molar-refractivity contribution in [1.29, 1.82) is 0 Å². The van der Waals surface area contributed by atoms with Gasteiger partial charge >= 0.3 is 5.97 Å². The Morgan fingerprint density at radius 1 is 1.13 bits per heavy atom. The fraction of sp³-hybridized carbons (Fsp3) is 0.478. The van der Waals surface area contributed by atoms with Crippen LogP contribution in [0.15, 0.2) is 24.3 Å². The molecule has 0 unspecified atom stereocenters. The monoisotopic (exact) mass is 412 g/mol. The van der Waals surface area contributed by atoms with Gasteiger partial charge in [-0.15, -0.1) is 0 Å². The number of carbonyl (C=O) groups is 2. The van der Waals surface area contributed by atoms with E-state index in [1.165, 1.54) is 0 Å². The largest absolute Gasteiger partial charge is 0.459 e. The lowest BCUT2D eigenvalue weighted by atomic mass is 10.1. The second-order valence-corrected chi connectivity index (χ2v) is 8.18. The van der Waals surface area contributed by atoms with E-state index < -0.39 is 5.97 Å². The molecule has 0 saturated carbocycles. The lowest BCUT2D eigenvalue weighted by Gasteiger charge is -2.35. The molecule has 0 spiro atoms. The van der Waals surface area contributed by atoms with Gasteiger partial charge in [0, 0.05) is 44.1 Å². The van der Waals surface area contributed by atoms with Gasteiger partial charge in [0.05, 0.1) is 11.7 Å². The number of esters is 1. The van der Waals surface area contributed by atoms with E-state index in [-0.39, 0.29) is 12.0 Å². The minimum atomic E-state index is -0.407. The number of aryl methyl sites for hydroxylation is 1. The van der Waals surface area contributed by atoms with E-state index in [1.807, 2.05) is 18.2 Å². The number of anilines is 1. The van der Waals surface area contributed by atoms with Gasteiger partial charge in [0.1, 0.15) is 5.69 Å². The van der Waals surface area contributed by atoms with Crippen molar-refractivity contribution in [2.24, 2.45) is 0 Å². The second-order valence-electron chi connectivity index (χ2n) is 8.18. The van der Waals surface area contributed by atoms with Crippen LogP contribution in [0.25, 0.3) is 0 Å². The molecule has 1 amide bonds. The highest BCUT2D eigenvalue weighted by molar-refractivity contribution is 6.00. The van der Waals surface area contributed by atoms with Crippen molar-refractivity contribution >= 4 is 17.6 Å². The van der Waals surface area contributed by atoms with Crippen molar-refractivity contribution in [2.45, 2.75) is 40.3 Å². The topological polar surface area (TPSA) is 77.7 Å². The number of hydrogen-bond acceptors (Lipinski definition) is 5. The van der Waals surface area contributed by atoms with Crippen molar-refractivity contribution in [3.8, 4) is 0 Å². The van der Waals surface area contributed by atoms with E-state index in [1.54, 1.807) is 27.7 Å². The maximum atomic E-state index is 12.9. The molecule has 1 aliphatic rings. The summed E-state index contributed by atoms with van der Waals surface area (Å²) in [6.45, 7) is 11.6. The number of hydrogen-bond donors (Lipinski definition) is 2. The Kier molecular flexibility index (Phi) is 6.82. The molecule has 30 heavy (non-hydrogen) atoms. The third-order valence-corrected chi connectivity index (χ3v) is 5.49. The number of H-pyrrole nitrogens is 1. The fourth-order valence-electron chi connectivity index (χ4n) is 3.84. The van der Waals surface area contributed by atoms with Gasteiger partial charge in [0.15, 0.2) is 0 Å². The molecule has 1 saturated heterocycles. The van der Waals surface area contributed by atoms with Gasteiger partial charge in [0.2, 0.25) is 0 Å². The van der Waals surface area contributed by atoms with Gasteiger partial charge in [0.25, 0.3) is 5.91 Å². The van der Waals surface area contributed by atoms with E-state index in [0.29, 0.717) is 29.1 Å². The zero-order chi connectivity index (χ0) is 21.8. The Bertz CT molecular complexity index is 911. The molecule has 1 aliphatic heterocycles. The van der Waals surface area contributed by atoms with Crippen LogP contribution in [-0.2, 0) is 11.3 Å². The van der Waals surface area contributed by atoms with Crippen LogP contribution in [0, 0.1) is 13.8 Å². The molecule has 0 atom stereocenters. The number of aromatic nitrogens is 1. The quantitative estimate of drug-likeness (QED) is 0.714. The number of para-hydroxylation sites is 1. The second kappa shape index (κ2) is 9.34. The van der Waals surface area contributed by atoms with E-state index >= 15 is 0 Å². The van der Waals surface area contributed by atoms with Crippen LogP contribution in [0.5, 0.6) is 0 Å². The van der Waals surface area contributed by atoms with Gasteiger partial charge in [-0.05, 0) is 51.9 Å². The van der Waals surface area contributed by atoms with Gasteiger partial charge in [-0.3, -0.25) is 4.79 Å². The summed E-state index contributed by atoms with van der Waals surface area (Å²) in [6.07, 6.45) is -0.213. The number of nitrogens with one attached hydrogen (secondary N) is 2.